The molecule has 1 aliphatic rings. The number of esters is 1. The van der Waals surface area contributed by atoms with Crippen LogP contribution in [0.15, 0.2) is 43.0 Å². The van der Waals surface area contributed by atoms with E-state index in [1.807, 2.05) is 10.6 Å². The van der Waals surface area contributed by atoms with Crippen molar-refractivity contribution in [2.75, 3.05) is 19.0 Å². The maximum Gasteiger partial charge on any atom is 0.459 e. The number of fused-ring (bicyclic) bond motifs is 1. The fourth-order valence-electron chi connectivity index (χ4n) is 4.10. The number of ether oxygens (including phenoxy) is 2. The van der Waals surface area contributed by atoms with Gasteiger partial charge in [0.05, 0.1) is 25.1 Å². The van der Waals surface area contributed by atoms with Crippen LogP contribution in [0.25, 0.3) is 11.2 Å². The van der Waals surface area contributed by atoms with Crippen molar-refractivity contribution in [1.29, 1.82) is 0 Å². The molecule has 3 heterocycles. The summed E-state index contributed by atoms with van der Waals surface area (Å²) >= 11 is 0. The van der Waals surface area contributed by atoms with E-state index in [4.69, 9.17) is 18.5 Å². The van der Waals surface area contributed by atoms with Gasteiger partial charge in [0.25, 0.3) is 0 Å². The number of carbonyl (C=O) groups is 1. The van der Waals surface area contributed by atoms with E-state index in [9.17, 15) is 9.36 Å². The van der Waals surface area contributed by atoms with E-state index >= 15 is 0 Å². The molecule has 1 unspecified atom stereocenters. The highest BCUT2D eigenvalue weighted by molar-refractivity contribution is 7.52. The number of para-hydroxylation sites is 1. The molecule has 5 atom stereocenters. The van der Waals surface area contributed by atoms with Crippen molar-refractivity contribution in [2.45, 2.75) is 58.6 Å². The van der Waals surface area contributed by atoms with Gasteiger partial charge in [-0.2, -0.15) is 5.09 Å². The molecule has 0 radical (unpaired) electrons. The van der Waals surface area contributed by atoms with E-state index in [1.165, 1.54) is 6.33 Å². The zero-order valence-corrected chi connectivity index (χ0v) is 22.4. The monoisotopic (exact) mass is 532 g/mol. The summed E-state index contributed by atoms with van der Waals surface area (Å²) in [5.41, 5.74) is 1.29. The van der Waals surface area contributed by atoms with E-state index in [2.05, 4.69) is 32.3 Å². The predicted molar refractivity (Wildman–Crippen MR) is 137 cm³/mol. The minimum Gasteiger partial charge on any atom is -0.462 e. The van der Waals surface area contributed by atoms with E-state index in [1.54, 1.807) is 58.4 Å². The Bertz CT molecular complexity index is 1260. The van der Waals surface area contributed by atoms with Gasteiger partial charge in [-0.25, -0.2) is 19.5 Å². The summed E-state index contributed by atoms with van der Waals surface area (Å²) in [6, 6.07) is 7.70. The van der Waals surface area contributed by atoms with Crippen LogP contribution in [0.5, 0.6) is 5.75 Å². The number of imidazole rings is 1. The van der Waals surface area contributed by atoms with Crippen LogP contribution in [0.3, 0.4) is 0 Å². The standard InChI is InChI=1S/C24H33N6O6P/c1-15(2)34-24(31)17(4)29-37(32,36-18-9-7-6-8-10-18)33-12-19-11-16(3)23(35-19)30-14-28-20-21(25-5)26-13-27-22(20)30/h6-10,13-17,19,23H,11-12H2,1-5H3,(H,29,32)(H,25,26,27)/t16-,17-,19-,23+,37?/m0/s1. The summed E-state index contributed by atoms with van der Waals surface area (Å²) in [6.45, 7) is 7.06. The number of benzene rings is 1. The number of aromatic nitrogens is 4. The molecule has 0 aliphatic carbocycles. The van der Waals surface area contributed by atoms with E-state index in [-0.39, 0.29) is 31.0 Å². The summed E-state index contributed by atoms with van der Waals surface area (Å²) in [4.78, 5) is 25.4. The van der Waals surface area contributed by atoms with E-state index < -0.39 is 19.8 Å². The molecule has 1 aromatic carbocycles. The van der Waals surface area contributed by atoms with E-state index in [0.717, 1.165) is 0 Å². The van der Waals surface area contributed by atoms with Gasteiger partial charge in [0.2, 0.25) is 0 Å². The summed E-state index contributed by atoms with van der Waals surface area (Å²) in [6.07, 6.45) is 2.75. The molecule has 0 amide bonds. The largest absolute Gasteiger partial charge is 0.462 e. The maximum absolute atomic E-state index is 13.7. The lowest BCUT2D eigenvalue weighted by Crippen LogP contribution is -2.36. The van der Waals surface area contributed by atoms with Crippen LogP contribution in [0.4, 0.5) is 5.82 Å². The molecule has 0 saturated carbocycles. The van der Waals surface area contributed by atoms with Gasteiger partial charge in [0, 0.05) is 13.0 Å². The highest BCUT2D eigenvalue weighted by Crippen LogP contribution is 2.46. The van der Waals surface area contributed by atoms with Gasteiger partial charge in [-0.05, 0) is 39.3 Å². The molecule has 3 aromatic rings. The molecular formula is C24H33N6O6P. The normalized spacial score (nSPS) is 22.1. The fraction of sp³-hybridized carbons (Fsp3) is 0.500. The molecule has 2 aromatic heterocycles. The van der Waals surface area contributed by atoms with Crippen LogP contribution in [-0.2, 0) is 23.4 Å². The van der Waals surface area contributed by atoms with Crippen molar-refractivity contribution < 1.29 is 27.9 Å². The van der Waals surface area contributed by atoms with Gasteiger partial charge in [-0.3, -0.25) is 13.9 Å². The lowest BCUT2D eigenvalue weighted by molar-refractivity contribution is -0.149. The van der Waals surface area contributed by atoms with Gasteiger partial charge in [-0.1, -0.05) is 25.1 Å². The first-order chi connectivity index (χ1) is 17.7. The van der Waals surface area contributed by atoms with Gasteiger partial charge in [-0.15, -0.1) is 0 Å². The highest BCUT2D eigenvalue weighted by Gasteiger charge is 2.38. The molecule has 12 nitrogen and oxygen atoms in total. The zero-order valence-electron chi connectivity index (χ0n) is 21.5. The highest BCUT2D eigenvalue weighted by atomic mass is 31.2. The Kier molecular flexibility index (Phi) is 8.43. The Morgan fingerprint density at radius 3 is 2.68 bits per heavy atom. The quantitative estimate of drug-likeness (QED) is 0.274. The lowest BCUT2D eigenvalue weighted by Gasteiger charge is -2.24. The van der Waals surface area contributed by atoms with Crippen molar-refractivity contribution in [3.8, 4) is 5.75 Å². The number of hydrogen-bond acceptors (Lipinski definition) is 10. The van der Waals surface area contributed by atoms with Gasteiger partial charge in [0.15, 0.2) is 11.5 Å². The number of nitrogens with zero attached hydrogens (tertiary/aromatic N) is 4. The number of nitrogens with one attached hydrogen (secondary N) is 2. The number of rotatable bonds is 11. The molecule has 13 heteroatoms. The molecule has 1 aliphatic heterocycles. The Balaban J connectivity index is 1.47. The molecule has 200 valence electrons. The second kappa shape index (κ2) is 11.6. The Morgan fingerprint density at radius 2 is 1.97 bits per heavy atom. The summed E-state index contributed by atoms with van der Waals surface area (Å²) in [5, 5.41) is 5.71. The lowest BCUT2D eigenvalue weighted by atomic mass is 10.1. The maximum atomic E-state index is 13.7. The minimum absolute atomic E-state index is 0.0206. The van der Waals surface area contributed by atoms with Crippen LogP contribution >= 0.6 is 7.75 Å². The van der Waals surface area contributed by atoms with Crippen LogP contribution in [-0.4, -0.2) is 57.4 Å². The predicted octanol–water partition coefficient (Wildman–Crippen LogP) is 3.93. The van der Waals surface area contributed by atoms with Crippen molar-refractivity contribution >= 4 is 30.7 Å². The van der Waals surface area contributed by atoms with Crippen molar-refractivity contribution in [1.82, 2.24) is 24.6 Å². The Labute approximate surface area is 215 Å². The molecule has 2 N–H and O–H groups in total. The third kappa shape index (κ3) is 6.45. The second-order valence-electron chi connectivity index (χ2n) is 9.19. The van der Waals surface area contributed by atoms with Gasteiger partial charge >= 0.3 is 13.7 Å². The number of hydrogen-bond donors (Lipinski definition) is 2. The molecule has 4 rings (SSSR count). The third-order valence-corrected chi connectivity index (χ3v) is 7.42. The molecule has 37 heavy (non-hydrogen) atoms. The first-order valence-corrected chi connectivity index (χ1v) is 13.7. The van der Waals surface area contributed by atoms with Crippen molar-refractivity contribution in [3.63, 3.8) is 0 Å². The van der Waals surface area contributed by atoms with Crippen LogP contribution in [0.2, 0.25) is 0 Å². The average molecular weight is 533 g/mol. The van der Waals surface area contributed by atoms with Crippen LogP contribution in [0, 0.1) is 5.92 Å². The Hall–Kier alpha value is -3.05. The molecular weight excluding hydrogens is 499 g/mol. The first kappa shape index (κ1) is 27.0. The molecule has 1 saturated heterocycles. The SMILES string of the molecule is CNc1ncnc2c1ncn2[C@@H]1O[C@H](COP(=O)(N[C@@H](C)C(=O)OC(C)C)Oc2ccccc2)C[C@@H]1C. The molecule has 0 bridgehead atoms. The van der Waals surface area contributed by atoms with Gasteiger partial charge in [0.1, 0.15) is 29.9 Å². The summed E-state index contributed by atoms with van der Waals surface area (Å²) < 4.78 is 38.6. The topological polar surface area (TPSA) is 139 Å². The van der Waals surface area contributed by atoms with E-state index in [0.29, 0.717) is 29.2 Å². The summed E-state index contributed by atoms with van der Waals surface area (Å²) in [7, 11) is -2.20. The molecule has 1 fully saturated rings. The van der Waals surface area contributed by atoms with Crippen LogP contribution in [0.1, 0.15) is 40.3 Å². The zero-order chi connectivity index (χ0) is 26.6. The second-order valence-corrected chi connectivity index (χ2v) is 10.9. The third-order valence-electron chi connectivity index (χ3n) is 5.78. The average Bonchev–Trinajstić information content (AvgIpc) is 3.45. The van der Waals surface area contributed by atoms with Crippen LogP contribution < -0.4 is 14.9 Å². The Morgan fingerprint density at radius 1 is 1.22 bits per heavy atom. The van der Waals surface area contributed by atoms with Crippen molar-refractivity contribution in [2.24, 2.45) is 5.92 Å². The van der Waals surface area contributed by atoms with Gasteiger partial charge < -0.3 is 19.3 Å². The number of carbonyl (C=O) groups excluding carboxylic acids is 1. The fourth-order valence-corrected chi connectivity index (χ4v) is 5.62. The molecule has 0 spiro atoms. The minimum atomic E-state index is -3.98. The first-order valence-electron chi connectivity index (χ1n) is 12.2. The smallest absolute Gasteiger partial charge is 0.459 e. The van der Waals surface area contributed by atoms with Crippen molar-refractivity contribution in [3.05, 3.63) is 43.0 Å². The number of anilines is 1. The summed E-state index contributed by atoms with van der Waals surface area (Å²) in [5.74, 6) is 0.508.